The maximum Gasteiger partial charge on any atom is 0.319 e. The minimum Gasteiger partial charge on any atom is -0.339 e. The van der Waals surface area contributed by atoms with Gasteiger partial charge in [0.1, 0.15) is 0 Å². The zero-order valence-corrected chi connectivity index (χ0v) is 15.2. The molecule has 27 heavy (non-hydrogen) atoms. The van der Waals surface area contributed by atoms with Crippen LogP contribution in [0.4, 0.5) is 10.5 Å². The molecule has 1 heterocycles. The lowest BCUT2D eigenvalue weighted by Crippen LogP contribution is -2.29. The van der Waals surface area contributed by atoms with Crippen molar-refractivity contribution >= 4 is 11.7 Å². The average molecular weight is 365 g/mol. The van der Waals surface area contributed by atoms with Crippen molar-refractivity contribution in [3.63, 3.8) is 0 Å². The second kappa shape index (κ2) is 8.95. The monoisotopic (exact) mass is 365 g/mol. The summed E-state index contributed by atoms with van der Waals surface area (Å²) in [5.41, 5.74) is 9.31. The van der Waals surface area contributed by atoms with Gasteiger partial charge in [-0.25, -0.2) is 4.79 Å². The van der Waals surface area contributed by atoms with Gasteiger partial charge in [-0.15, -0.1) is 0 Å². The molecular weight excluding hydrogens is 342 g/mol. The van der Waals surface area contributed by atoms with E-state index >= 15 is 0 Å². The van der Waals surface area contributed by atoms with Crippen LogP contribution in [0.1, 0.15) is 30.4 Å². The van der Waals surface area contributed by atoms with Crippen LogP contribution in [-0.2, 0) is 13.0 Å². The van der Waals surface area contributed by atoms with Crippen LogP contribution in [0.15, 0.2) is 53.1 Å². The largest absolute Gasteiger partial charge is 0.339 e. The quantitative estimate of drug-likeness (QED) is 0.595. The van der Waals surface area contributed by atoms with Gasteiger partial charge in [0.2, 0.25) is 11.7 Å². The predicted octanol–water partition coefficient (Wildman–Crippen LogP) is 3.32. The van der Waals surface area contributed by atoms with E-state index in [1.807, 2.05) is 55.5 Å². The Bertz CT molecular complexity index is 872. The minimum absolute atomic E-state index is 0.202. The average Bonchev–Trinajstić information content (AvgIpc) is 3.16. The molecule has 0 radical (unpaired) electrons. The molecule has 0 bridgehead atoms. The fourth-order valence-electron chi connectivity index (χ4n) is 2.53. The first-order chi connectivity index (χ1) is 13.2. The molecule has 0 spiro atoms. The first kappa shape index (κ1) is 18.6. The number of hydrogen-bond donors (Lipinski definition) is 3. The number of anilines is 1. The van der Waals surface area contributed by atoms with Crippen LogP contribution in [0.2, 0.25) is 0 Å². The molecule has 0 unspecified atom stereocenters. The van der Waals surface area contributed by atoms with E-state index in [9.17, 15) is 4.79 Å². The van der Waals surface area contributed by atoms with E-state index in [0.717, 1.165) is 28.8 Å². The maximum absolute atomic E-state index is 11.7. The normalized spacial score (nSPS) is 10.6. The molecule has 0 aliphatic heterocycles. The second-order valence-electron chi connectivity index (χ2n) is 6.17. The van der Waals surface area contributed by atoms with Crippen LogP contribution in [0, 0.1) is 0 Å². The van der Waals surface area contributed by atoms with Crippen LogP contribution in [0.5, 0.6) is 0 Å². The van der Waals surface area contributed by atoms with E-state index in [4.69, 9.17) is 10.3 Å². The summed E-state index contributed by atoms with van der Waals surface area (Å²) >= 11 is 0. The molecule has 7 heteroatoms. The number of nitrogens with zero attached hydrogens (tertiary/aromatic N) is 2. The third-order valence-corrected chi connectivity index (χ3v) is 4.02. The lowest BCUT2D eigenvalue weighted by atomic mass is 10.1. The molecule has 140 valence electrons. The standard InChI is InChI=1S/C20H23N5O2/c1-2-11-22-20(26)23-17-9-5-14(6-10-17)12-18-24-19(25-27-18)16-7-3-15(13-21)4-8-16/h3-10H,2,11-13,21H2,1H3,(H2,22,23,26). The van der Waals surface area contributed by atoms with Crippen molar-refractivity contribution in [3.8, 4) is 11.4 Å². The summed E-state index contributed by atoms with van der Waals surface area (Å²) < 4.78 is 5.35. The highest BCUT2D eigenvalue weighted by Gasteiger charge is 2.09. The topological polar surface area (TPSA) is 106 Å². The van der Waals surface area contributed by atoms with E-state index in [0.29, 0.717) is 31.2 Å². The van der Waals surface area contributed by atoms with E-state index in [-0.39, 0.29) is 6.03 Å². The fourth-order valence-corrected chi connectivity index (χ4v) is 2.53. The Morgan fingerprint density at radius 2 is 1.78 bits per heavy atom. The molecular formula is C20H23N5O2. The molecule has 0 saturated heterocycles. The molecule has 0 aliphatic carbocycles. The van der Waals surface area contributed by atoms with E-state index < -0.39 is 0 Å². The number of rotatable bonds is 7. The lowest BCUT2D eigenvalue weighted by molar-refractivity contribution is 0.252. The van der Waals surface area contributed by atoms with Gasteiger partial charge in [-0.3, -0.25) is 0 Å². The Hall–Kier alpha value is -3.19. The van der Waals surface area contributed by atoms with Crippen LogP contribution >= 0.6 is 0 Å². The second-order valence-corrected chi connectivity index (χ2v) is 6.17. The number of carbonyl (C=O) groups is 1. The highest BCUT2D eigenvalue weighted by Crippen LogP contribution is 2.18. The van der Waals surface area contributed by atoms with Crippen molar-refractivity contribution in [1.82, 2.24) is 15.5 Å². The van der Waals surface area contributed by atoms with Gasteiger partial charge in [0.25, 0.3) is 0 Å². The number of hydrogen-bond acceptors (Lipinski definition) is 5. The lowest BCUT2D eigenvalue weighted by Gasteiger charge is -2.07. The fraction of sp³-hybridized carbons (Fsp3) is 0.250. The van der Waals surface area contributed by atoms with E-state index in [1.165, 1.54) is 0 Å². The van der Waals surface area contributed by atoms with Gasteiger partial charge in [-0.05, 0) is 29.7 Å². The van der Waals surface area contributed by atoms with Gasteiger partial charge < -0.3 is 20.9 Å². The SMILES string of the molecule is CCCNC(=O)Nc1ccc(Cc2nc(-c3ccc(CN)cc3)no2)cc1. The Morgan fingerprint density at radius 3 is 2.44 bits per heavy atom. The number of nitrogens with one attached hydrogen (secondary N) is 2. The number of benzene rings is 2. The maximum atomic E-state index is 11.7. The smallest absolute Gasteiger partial charge is 0.319 e. The van der Waals surface area contributed by atoms with Crippen LogP contribution < -0.4 is 16.4 Å². The minimum atomic E-state index is -0.202. The number of nitrogens with two attached hydrogens (primary N) is 1. The number of aromatic nitrogens is 2. The number of carbonyl (C=O) groups excluding carboxylic acids is 1. The molecule has 0 aliphatic rings. The van der Waals surface area contributed by atoms with Crippen LogP contribution in [0.25, 0.3) is 11.4 Å². The van der Waals surface area contributed by atoms with Crippen LogP contribution in [-0.4, -0.2) is 22.7 Å². The predicted molar refractivity (Wildman–Crippen MR) is 104 cm³/mol. The van der Waals surface area contributed by atoms with Crippen molar-refractivity contribution < 1.29 is 9.32 Å². The molecule has 0 atom stereocenters. The molecule has 7 nitrogen and oxygen atoms in total. The highest BCUT2D eigenvalue weighted by molar-refractivity contribution is 5.89. The summed E-state index contributed by atoms with van der Waals surface area (Å²) in [5.74, 6) is 1.09. The molecule has 1 aromatic heterocycles. The third-order valence-electron chi connectivity index (χ3n) is 4.02. The van der Waals surface area contributed by atoms with Crippen molar-refractivity contribution in [1.29, 1.82) is 0 Å². The van der Waals surface area contributed by atoms with Crippen molar-refractivity contribution in [3.05, 3.63) is 65.5 Å². The summed E-state index contributed by atoms with van der Waals surface area (Å²) in [4.78, 5) is 16.1. The summed E-state index contributed by atoms with van der Waals surface area (Å²) in [6, 6.07) is 15.1. The van der Waals surface area contributed by atoms with Crippen molar-refractivity contribution in [2.24, 2.45) is 5.73 Å². The van der Waals surface area contributed by atoms with Crippen LogP contribution in [0.3, 0.4) is 0 Å². The zero-order chi connectivity index (χ0) is 19.1. The number of amides is 2. The molecule has 4 N–H and O–H groups in total. The van der Waals surface area contributed by atoms with Gasteiger partial charge in [-0.1, -0.05) is 48.5 Å². The Balaban J connectivity index is 1.60. The van der Waals surface area contributed by atoms with Crippen molar-refractivity contribution in [2.45, 2.75) is 26.3 Å². The molecule has 0 fully saturated rings. The number of urea groups is 1. The van der Waals surface area contributed by atoms with E-state index in [2.05, 4.69) is 20.8 Å². The van der Waals surface area contributed by atoms with E-state index in [1.54, 1.807) is 0 Å². The summed E-state index contributed by atoms with van der Waals surface area (Å²) in [6.45, 7) is 3.16. The van der Waals surface area contributed by atoms with Gasteiger partial charge in [0.15, 0.2) is 0 Å². The summed E-state index contributed by atoms with van der Waals surface area (Å²) in [7, 11) is 0. The Kier molecular flexibility index (Phi) is 6.17. The zero-order valence-electron chi connectivity index (χ0n) is 15.2. The van der Waals surface area contributed by atoms with Gasteiger partial charge in [-0.2, -0.15) is 4.98 Å². The van der Waals surface area contributed by atoms with Gasteiger partial charge in [0, 0.05) is 24.3 Å². The highest BCUT2D eigenvalue weighted by atomic mass is 16.5. The first-order valence-corrected chi connectivity index (χ1v) is 8.93. The molecule has 2 aromatic carbocycles. The molecule has 0 saturated carbocycles. The molecule has 3 aromatic rings. The Labute approximate surface area is 158 Å². The van der Waals surface area contributed by atoms with Gasteiger partial charge >= 0.3 is 6.03 Å². The summed E-state index contributed by atoms with van der Waals surface area (Å²) in [5, 5.41) is 9.60. The first-order valence-electron chi connectivity index (χ1n) is 8.93. The molecule has 3 rings (SSSR count). The molecule has 2 amide bonds. The Morgan fingerprint density at radius 1 is 1.07 bits per heavy atom. The third kappa shape index (κ3) is 5.15. The van der Waals surface area contributed by atoms with Gasteiger partial charge in [0.05, 0.1) is 6.42 Å². The van der Waals surface area contributed by atoms with Crippen molar-refractivity contribution in [2.75, 3.05) is 11.9 Å². The summed E-state index contributed by atoms with van der Waals surface area (Å²) in [6.07, 6.45) is 1.42.